The van der Waals surface area contributed by atoms with E-state index >= 15 is 0 Å². The molecule has 0 saturated heterocycles. The number of benzene rings is 3. The van der Waals surface area contributed by atoms with Crippen molar-refractivity contribution in [2.75, 3.05) is 31.5 Å². The topological polar surface area (TPSA) is 111 Å². The minimum atomic E-state index is -1.50. The van der Waals surface area contributed by atoms with Crippen LogP contribution >= 0.6 is 0 Å². The van der Waals surface area contributed by atoms with Crippen LogP contribution in [0.25, 0.3) is 0 Å². The number of aliphatic hydroxyl groups is 1. The van der Waals surface area contributed by atoms with E-state index in [2.05, 4.69) is 5.32 Å². The molecule has 0 aliphatic rings. The molecule has 11 heteroatoms. The Hall–Kier alpha value is -2.93. The van der Waals surface area contributed by atoms with Gasteiger partial charge in [0.05, 0.1) is 26.1 Å². The van der Waals surface area contributed by atoms with E-state index in [1.54, 1.807) is 0 Å². The van der Waals surface area contributed by atoms with Crippen LogP contribution in [0.3, 0.4) is 0 Å². The van der Waals surface area contributed by atoms with Crippen molar-refractivity contribution >= 4 is 17.1 Å². The van der Waals surface area contributed by atoms with Crippen LogP contribution in [-0.4, -0.2) is 70.1 Å². The van der Waals surface area contributed by atoms with Gasteiger partial charge in [-0.1, -0.05) is 72.7 Å². The summed E-state index contributed by atoms with van der Waals surface area (Å²) >= 11 is -1.50. The number of ether oxygens (including phenoxy) is 1. The van der Waals surface area contributed by atoms with E-state index in [9.17, 15) is 27.6 Å². The van der Waals surface area contributed by atoms with Crippen molar-refractivity contribution in [3.63, 3.8) is 0 Å². The monoisotopic (exact) mass is 633 g/mol. The number of aryl methyl sites for hydroxylation is 1. The van der Waals surface area contributed by atoms with Gasteiger partial charge in [-0.05, 0) is 47.2 Å². The van der Waals surface area contributed by atoms with E-state index in [0.29, 0.717) is 6.61 Å². The van der Waals surface area contributed by atoms with Gasteiger partial charge in [-0.3, -0.25) is 14.5 Å². The van der Waals surface area contributed by atoms with Gasteiger partial charge in [0.1, 0.15) is 29.2 Å². The van der Waals surface area contributed by atoms with Crippen molar-refractivity contribution in [3.05, 3.63) is 107 Å². The Labute approximate surface area is 260 Å². The Morgan fingerprint density at radius 3 is 2.39 bits per heavy atom. The van der Waals surface area contributed by atoms with Crippen molar-refractivity contribution in [1.82, 2.24) is 10.2 Å². The van der Waals surface area contributed by atoms with Crippen LogP contribution in [0.1, 0.15) is 35.6 Å². The lowest BCUT2D eigenvalue weighted by atomic mass is 10.0. The number of nitrogens with two attached hydrogens (primary N) is 1. The van der Waals surface area contributed by atoms with Crippen molar-refractivity contribution in [3.8, 4) is 0 Å². The van der Waals surface area contributed by atoms with Crippen LogP contribution in [0, 0.1) is 11.6 Å². The Bertz CT molecular complexity index is 1270. The first-order valence-corrected chi connectivity index (χ1v) is 16.2. The molecule has 0 heterocycles. The number of rotatable bonds is 19. The minimum Gasteiger partial charge on any atom is -0.616 e. The normalized spacial score (nSPS) is 14.2. The highest BCUT2D eigenvalue weighted by Crippen LogP contribution is 2.15. The Morgan fingerprint density at radius 1 is 1.02 bits per heavy atom. The number of halogens is 3. The third-order valence-electron chi connectivity index (χ3n) is 7.08. The summed E-state index contributed by atoms with van der Waals surface area (Å²) in [5.74, 6) is -1.92. The molecule has 0 aliphatic heterocycles. The highest BCUT2D eigenvalue weighted by molar-refractivity contribution is 7.91. The molecule has 1 unspecified atom stereocenters. The summed E-state index contributed by atoms with van der Waals surface area (Å²) in [6, 6.07) is 18.3. The first kappa shape index (κ1) is 35.5. The fourth-order valence-electron chi connectivity index (χ4n) is 4.72. The predicted molar refractivity (Wildman–Crippen MR) is 167 cm³/mol. The maximum atomic E-state index is 14.0. The van der Waals surface area contributed by atoms with E-state index in [-0.39, 0.29) is 49.7 Å². The van der Waals surface area contributed by atoms with Crippen molar-refractivity contribution in [2.45, 2.75) is 57.5 Å². The van der Waals surface area contributed by atoms with Gasteiger partial charge in [-0.2, -0.15) is 0 Å². The summed E-state index contributed by atoms with van der Waals surface area (Å²) in [7, 11) is 0. The lowest BCUT2D eigenvalue weighted by molar-refractivity contribution is -0.135. The molecule has 1 amide bonds. The van der Waals surface area contributed by atoms with Gasteiger partial charge in [-0.15, -0.1) is 0 Å². The third kappa shape index (κ3) is 12.2. The minimum absolute atomic E-state index is 0.0159. The number of alkyl halides is 1. The quantitative estimate of drug-likeness (QED) is 0.105. The molecule has 0 bridgehead atoms. The zero-order valence-electron chi connectivity index (χ0n) is 25.0. The highest BCUT2D eigenvalue weighted by atomic mass is 32.2. The molecule has 0 radical (unpaired) electrons. The zero-order chi connectivity index (χ0) is 31.9. The van der Waals surface area contributed by atoms with Crippen LogP contribution in [0.5, 0.6) is 0 Å². The maximum absolute atomic E-state index is 14.0. The molecule has 7 nitrogen and oxygen atoms in total. The molecule has 240 valence electrons. The van der Waals surface area contributed by atoms with Gasteiger partial charge in [0.15, 0.2) is 0 Å². The second-order valence-electron chi connectivity index (χ2n) is 10.7. The molecule has 3 rings (SSSR count). The molecule has 0 saturated carbocycles. The number of hydrogen-bond acceptors (Lipinski definition) is 6. The molecular formula is C33H42F3N3O4S. The summed E-state index contributed by atoms with van der Waals surface area (Å²) in [6.07, 6.45) is -0.368. The second kappa shape index (κ2) is 18.8. The number of nitrogens with zero attached hydrogens (tertiary/aromatic N) is 1. The first-order chi connectivity index (χ1) is 21.2. The first-order valence-electron chi connectivity index (χ1n) is 14.7. The third-order valence-corrected chi connectivity index (χ3v) is 8.53. The Kier molecular flexibility index (Phi) is 15.2. The van der Waals surface area contributed by atoms with Crippen LogP contribution < -0.4 is 11.1 Å². The van der Waals surface area contributed by atoms with Gasteiger partial charge in [0, 0.05) is 31.6 Å². The van der Waals surface area contributed by atoms with Gasteiger partial charge < -0.3 is 25.0 Å². The molecule has 3 aromatic rings. The molecule has 0 aromatic heterocycles. The second-order valence-corrected chi connectivity index (χ2v) is 12.3. The number of hydrogen-bond donors (Lipinski definition) is 3. The summed E-state index contributed by atoms with van der Waals surface area (Å²) in [5.41, 5.74) is 9.36. The smallest absolute Gasteiger partial charge is 0.245 e. The highest BCUT2D eigenvalue weighted by Gasteiger charge is 2.31. The van der Waals surface area contributed by atoms with Crippen LogP contribution in [0.2, 0.25) is 0 Å². The average molecular weight is 634 g/mol. The average Bonchev–Trinajstić information content (AvgIpc) is 3.00. The molecule has 44 heavy (non-hydrogen) atoms. The molecule has 0 aliphatic carbocycles. The van der Waals surface area contributed by atoms with Crippen molar-refractivity contribution < 1.29 is 32.4 Å². The molecule has 0 spiro atoms. The molecule has 4 atom stereocenters. The molecule has 4 N–H and O–H groups in total. The summed E-state index contributed by atoms with van der Waals surface area (Å²) < 4.78 is 58.8. The summed E-state index contributed by atoms with van der Waals surface area (Å²) in [4.78, 5) is 15.5. The van der Waals surface area contributed by atoms with E-state index < -0.39 is 53.6 Å². The van der Waals surface area contributed by atoms with E-state index in [4.69, 9.17) is 10.5 Å². The Balaban J connectivity index is 1.79. The SMILES string of the molecule is CCc1cccc(CN(C[C@@H](O)[C@@H](N)Cc2cc(F)cc(F)c2)C(=O)[C@@H](C[S+]([O-])CCCF)NCOCc2ccccc2)c1. The number of aliphatic hydroxyl groups excluding tert-OH is 1. The number of amides is 1. The number of carbonyl (C=O) groups excluding carboxylic acids is 1. The standard InChI is InChI=1S/C33H42F3N3O4S/c1-2-24-10-6-11-26(14-24)19-39(20-32(40)30(37)17-27-15-28(35)18-29(36)16-27)33(41)31(22-44(42)13-7-12-34)38-23-43-21-25-8-4-3-5-9-25/h3-6,8-11,14-16,18,30-32,38,40H,2,7,12-13,17,19-23,37H2,1H3/t30-,31+,32+,44?/m0/s1. The van der Waals surface area contributed by atoms with Gasteiger partial charge in [0.25, 0.3) is 0 Å². The fraction of sp³-hybridized carbons (Fsp3) is 0.424. The van der Waals surface area contributed by atoms with Crippen LogP contribution in [-0.2, 0) is 46.7 Å². The summed E-state index contributed by atoms with van der Waals surface area (Å²) in [5, 5.41) is 14.1. The van der Waals surface area contributed by atoms with Gasteiger partial charge in [-0.25, -0.2) is 8.78 Å². The van der Waals surface area contributed by atoms with Crippen molar-refractivity contribution in [2.24, 2.45) is 5.73 Å². The predicted octanol–water partition coefficient (Wildman–Crippen LogP) is 4.03. The summed E-state index contributed by atoms with van der Waals surface area (Å²) in [6.45, 7) is 1.62. The molecular weight excluding hydrogens is 591 g/mol. The van der Waals surface area contributed by atoms with E-state index in [0.717, 1.165) is 41.3 Å². The van der Waals surface area contributed by atoms with Crippen molar-refractivity contribution in [1.29, 1.82) is 0 Å². The molecule has 3 aromatic carbocycles. The number of nitrogens with one attached hydrogen (secondary N) is 1. The van der Waals surface area contributed by atoms with E-state index in [1.165, 1.54) is 4.90 Å². The van der Waals surface area contributed by atoms with Gasteiger partial charge in [0.2, 0.25) is 5.91 Å². The largest absolute Gasteiger partial charge is 0.616 e. The number of carbonyl (C=O) groups is 1. The van der Waals surface area contributed by atoms with E-state index in [1.807, 2.05) is 61.5 Å². The van der Waals surface area contributed by atoms with Crippen LogP contribution in [0.15, 0.2) is 72.8 Å². The maximum Gasteiger partial charge on any atom is 0.245 e. The lowest BCUT2D eigenvalue weighted by Gasteiger charge is -2.31. The fourth-order valence-corrected chi connectivity index (χ4v) is 5.95. The van der Waals surface area contributed by atoms with Crippen LogP contribution in [0.4, 0.5) is 13.2 Å². The lowest BCUT2D eigenvalue weighted by Crippen LogP contribution is -2.54. The Morgan fingerprint density at radius 2 is 1.70 bits per heavy atom. The van der Waals surface area contributed by atoms with Gasteiger partial charge >= 0.3 is 0 Å². The molecule has 0 fully saturated rings. The zero-order valence-corrected chi connectivity index (χ0v) is 25.8.